The third-order valence-electron chi connectivity index (χ3n) is 5.06. The molecule has 0 aromatic rings. The van der Waals surface area contributed by atoms with E-state index in [1.165, 1.54) is 12.8 Å². The molecule has 1 amide bonds. The molecule has 2 nitrogen and oxygen atoms in total. The fraction of sp³-hybridized carbons (Fsp3) is 0.933. The minimum atomic E-state index is 0.146. The third kappa shape index (κ3) is 3.09. The van der Waals surface area contributed by atoms with Crippen molar-refractivity contribution >= 4 is 21.8 Å². The van der Waals surface area contributed by atoms with E-state index in [0.29, 0.717) is 5.92 Å². The molecule has 1 fully saturated rings. The number of rotatable bonds is 7. The molecule has 0 aromatic heterocycles. The maximum absolute atomic E-state index is 12.2. The van der Waals surface area contributed by atoms with Crippen LogP contribution in [0, 0.1) is 22.7 Å². The van der Waals surface area contributed by atoms with Gasteiger partial charge in [0.1, 0.15) is 0 Å². The summed E-state index contributed by atoms with van der Waals surface area (Å²) in [6, 6.07) is 0. The SMILES string of the molecule is CCCC(CCBr)CNC(=O)C1C(C)(C)C1(C)C. The van der Waals surface area contributed by atoms with Crippen molar-refractivity contribution in [1.82, 2.24) is 5.32 Å². The largest absolute Gasteiger partial charge is 0.356 e. The second-order valence-corrected chi connectivity index (χ2v) is 7.55. The van der Waals surface area contributed by atoms with Gasteiger partial charge in [-0.25, -0.2) is 0 Å². The Morgan fingerprint density at radius 1 is 1.22 bits per heavy atom. The van der Waals surface area contributed by atoms with Gasteiger partial charge in [-0.15, -0.1) is 0 Å². The highest BCUT2D eigenvalue weighted by atomic mass is 79.9. The van der Waals surface area contributed by atoms with Gasteiger partial charge in [0.05, 0.1) is 0 Å². The highest BCUT2D eigenvalue weighted by Crippen LogP contribution is 2.68. The highest BCUT2D eigenvalue weighted by Gasteiger charge is 2.68. The summed E-state index contributed by atoms with van der Waals surface area (Å²) in [7, 11) is 0. The predicted molar refractivity (Wildman–Crippen MR) is 80.9 cm³/mol. The molecule has 1 aliphatic rings. The number of halogens is 1. The predicted octanol–water partition coefficient (Wildman–Crippen LogP) is 3.99. The molecule has 1 rings (SSSR count). The molecule has 0 radical (unpaired) electrons. The first-order valence-electron chi connectivity index (χ1n) is 7.12. The van der Waals surface area contributed by atoms with Crippen molar-refractivity contribution in [3.63, 3.8) is 0 Å². The smallest absolute Gasteiger partial charge is 0.224 e. The third-order valence-corrected chi connectivity index (χ3v) is 5.52. The molecule has 0 bridgehead atoms. The second-order valence-electron chi connectivity index (χ2n) is 6.75. The fourth-order valence-electron chi connectivity index (χ4n) is 3.11. The van der Waals surface area contributed by atoms with Crippen LogP contribution in [0.25, 0.3) is 0 Å². The summed E-state index contributed by atoms with van der Waals surface area (Å²) in [5.41, 5.74) is 0.291. The van der Waals surface area contributed by atoms with Crippen LogP contribution >= 0.6 is 15.9 Å². The Kier molecular flexibility index (Phi) is 5.28. The fourth-order valence-corrected chi connectivity index (χ4v) is 3.76. The molecule has 1 aliphatic carbocycles. The van der Waals surface area contributed by atoms with Gasteiger partial charge in [-0.05, 0) is 29.6 Å². The van der Waals surface area contributed by atoms with Crippen LogP contribution in [0.1, 0.15) is 53.9 Å². The van der Waals surface area contributed by atoms with Crippen molar-refractivity contribution in [1.29, 1.82) is 0 Å². The van der Waals surface area contributed by atoms with Gasteiger partial charge >= 0.3 is 0 Å². The Balaban J connectivity index is 2.42. The van der Waals surface area contributed by atoms with E-state index in [9.17, 15) is 4.79 Å². The van der Waals surface area contributed by atoms with Crippen LogP contribution in [0.3, 0.4) is 0 Å². The van der Waals surface area contributed by atoms with Crippen molar-refractivity contribution in [2.45, 2.75) is 53.9 Å². The van der Waals surface area contributed by atoms with Crippen LogP contribution in [-0.2, 0) is 4.79 Å². The average molecular weight is 318 g/mol. The van der Waals surface area contributed by atoms with E-state index in [0.717, 1.165) is 18.3 Å². The lowest BCUT2D eigenvalue weighted by Gasteiger charge is -2.16. The first-order valence-corrected chi connectivity index (χ1v) is 8.24. The van der Waals surface area contributed by atoms with Crippen molar-refractivity contribution in [3.8, 4) is 0 Å². The minimum absolute atomic E-state index is 0.146. The van der Waals surface area contributed by atoms with Gasteiger partial charge in [0.25, 0.3) is 0 Å². The van der Waals surface area contributed by atoms with E-state index in [4.69, 9.17) is 0 Å². The molecule has 1 atom stereocenters. The second kappa shape index (κ2) is 5.94. The van der Waals surface area contributed by atoms with E-state index < -0.39 is 0 Å². The molecule has 0 spiro atoms. The molecule has 1 unspecified atom stereocenters. The zero-order valence-corrected chi connectivity index (χ0v) is 14.1. The van der Waals surface area contributed by atoms with Crippen molar-refractivity contribution in [3.05, 3.63) is 0 Å². The molecule has 0 aromatic carbocycles. The lowest BCUT2D eigenvalue weighted by molar-refractivity contribution is -0.123. The summed E-state index contributed by atoms with van der Waals surface area (Å²) in [5.74, 6) is 1.04. The van der Waals surface area contributed by atoms with E-state index in [2.05, 4.69) is 55.9 Å². The number of hydrogen-bond acceptors (Lipinski definition) is 1. The van der Waals surface area contributed by atoms with Gasteiger partial charge in [0, 0.05) is 17.8 Å². The Morgan fingerprint density at radius 3 is 2.17 bits per heavy atom. The van der Waals surface area contributed by atoms with Gasteiger partial charge in [-0.2, -0.15) is 0 Å². The molecule has 106 valence electrons. The van der Waals surface area contributed by atoms with Gasteiger partial charge < -0.3 is 5.32 Å². The standard InChI is InChI=1S/C15H28BrNO/c1-6-7-11(8-9-16)10-17-13(18)12-14(2,3)15(12,4)5/h11-12H,6-10H2,1-5H3,(H,17,18). The Hall–Kier alpha value is -0.0500. The van der Waals surface area contributed by atoms with E-state index in [-0.39, 0.29) is 22.7 Å². The molecule has 1 saturated carbocycles. The summed E-state index contributed by atoms with van der Waals surface area (Å²) in [4.78, 5) is 12.2. The maximum atomic E-state index is 12.2. The van der Waals surface area contributed by atoms with E-state index >= 15 is 0 Å². The summed E-state index contributed by atoms with van der Waals surface area (Å²) in [6.07, 6.45) is 3.53. The molecule has 3 heteroatoms. The number of alkyl halides is 1. The van der Waals surface area contributed by atoms with E-state index in [1.807, 2.05) is 0 Å². The van der Waals surface area contributed by atoms with Crippen molar-refractivity contribution < 1.29 is 4.79 Å². The maximum Gasteiger partial charge on any atom is 0.224 e. The van der Waals surface area contributed by atoms with E-state index in [1.54, 1.807) is 0 Å². The van der Waals surface area contributed by atoms with Gasteiger partial charge in [0.15, 0.2) is 0 Å². The molecule has 0 saturated heterocycles. The van der Waals surface area contributed by atoms with Crippen molar-refractivity contribution in [2.24, 2.45) is 22.7 Å². The molecule has 0 heterocycles. The summed E-state index contributed by atoms with van der Waals surface area (Å²) in [6.45, 7) is 11.8. The molecular weight excluding hydrogens is 290 g/mol. The van der Waals surface area contributed by atoms with Gasteiger partial charge in [-0.1, -0.05) is 57.0 Å². The van der Waals surface area contributed by atoms with Crippen molar-refractivity contribution in [2.75, 3.05) is 11.9 Å². The quantitative estimate of drug-likeness (QED) is 0.707. The lowest BCUT2D eigenvalue weighted by atomic mass is 10.0. The summed E-state index contributed by atoms with van der Waals surface area (Å²) in [5, 5.41) is 4.19. The number of nitrogens with one attached hydrogen (secondary N) is 1. The number of carbonyl (C=O) groups is 1. The highest BCUT2D eigenvalue weighted by molar-refractivity contribution is 9.09. The van der Waals surface area contributed by atoms with Gasteiger partial charge in [-0.3, -0.25) is 4.79 Å². The Bertz CT molecular complexity index is 279. The first-order chi connectivity index (χ1) is 8.29. The van der Waals surface area contributed by atoms with Crippen LogP contribution in [0.5, 0.6) is 0 Å². The summed E-state index contributed by atoms with van der Waals surface area (Å²) >= 11 is 3.49. The monoisotopic (exact) mass is 317 g/mol. The van der Waals surface area contributed by atoms with Crippen LogP contribution in [0.4, 0.5) is 0 Å². The number of carbonyl (C=O) groups excluding carboxylic acids is 1. The topological polar surface area (TPSA) is 29.1 Å². The molecular formula is C15H28BrNO. The zero-order valence-electron chi connectivity index (χ0n) is 12.5. The van der Waals surface area contributed by atoms with Crippen LogP contribution < -0.4 is 5.32 Å². The molecule has 0 aliphatic heterocycles. The Morgan fingerprint density at radius 2 is 1.78 bits per heavy atom. The van der Waals surface area contributed by atoms with Crippen LogP contribution in [-0.4, -0.2) is 17.8 Å². The Labute approximate surface area is 120 Å². The average Bonchev–Trinajstić information content (AvgIpc) is 2.66. The molecule has 1 N–H and O–H groups in total. The first kappa shape index (κ1) is 16.0. The van der Waals surface area contributed by atoms with Gasteiger partial charge in [0.2, 0.25) is 5.91 Å². The molecule has 18 heavy (non-hydrogen) atoms. The summed E-state index contributed by atoms with van der Waals surface area (Å²) < 4.78 is 0. The zero-order chi connectivity index (χ0) is 14.0. The normalized spacial score (nSPS) is 22.6. The number of amides is 1. The lowest BCUT2D eigenvalue weighted by Crippen LogP contribution is -2.32. The minimum Gasteiger partial charge on any atom is -0.356 e. The number of hydrogen-bond donors (Lipinski definition) is 1. The van der Waals surface area contributed by atoms with Crippen LogP contribution in [0.2, 0.25) is 0 Å². The van der Waals surface area contributed by atoms with Crippen LogP contribution in [0.15, 0.2) is 0 Å².